The molecule has 100 valence electrons. The number of carbonyl (C=O) groups is 1. The van der Waals surface area contributed by atoms with E-state index < -0.39 is 0 Å². The van der Waals surface area contributed by atoms with Gasteiger partial charge in [-0.05, 0) is 25.7 Å². The van der Waals surface area contributed by atoms with Gasteiger partial charge in [-0.15, -0.1) is 0 Å². The molecule has 2 unspecified atom stereocenters. The number of alkyl halides is 1. The van der Waals surface area contributed by atoms with Crippen LogP contribution in [0, 0.1) is 5.92 Å². The molecule has 17 heavy (non-hydrogen) atoms. The lowest BCUT2D eigenvalue weighted by Gasteiger charge is -2.32. The Hall–Kier alpha value is -0.0900. The molecule has 1 amide bonds. The van der Waals surface area contributed by atoms with Crippen LogP contribution in [-0.4, -0.2) is 29.5 Å². The van der Waals surface area contributed by atoms with Gasteiger partial charge in [-0.25, -0.2) is 0 Å². The van der Waals surface area contributed by atoms with E-state index in [1.54, 1.807) is 0 Å². The second-order valence-electron chi connectivity index (χ2n) is 4.82. The summed E-state index contributed by atoms with van der Waals surface area (Å²) in [5.41, 5.74) is -0.0992. The number of carbonyl (C=O) groups excluding carboxylic acids is 1. The minimum Gasteiger partial charge on any atom is -0.377 e. The lowest BCUT2D eigenvalue weighted by atomic mass is 9.92. The molecule has 0 aromatic heterocycles. The molecule has 3 nitrogen and oxygen atoms in total. The maximum Gasteiger partial charge on any atom is 0.226 e. The molecule has 2 atom stereocenters. The Bertz CT molecular complexity index is 246. The van der Waals surface area contributed by atoms with Gasteiger partial charge in [-0.2, -0.15) is 0 Å². The highest BCUT2D eigenvalue weighted by atomic mass is 79.9. The zero-order valence-electron chi connectivity index (χ0n) is 11.1. The summed E-state index contributed by atoms with van der Waals surface area (Å²) in [5, 5.41) is 4.03. The Labute approximate surface area is 113 Å². The standard InChI is InChI=1S/C13H24BrNO2/c1-4-11-10(7-8-17-11)12(16)15-13(5-2,6-3)9-14/h10-11H,4-9H2,1-3H3,(H,15,16). The molecule has 0 bridgehead atoms. The van der Waals surface area contributed by atoms with Gasteiger partial charge in [0.15, 0.2) is 0 Å². The van der Waals surface area contributed by atoms with Gasteiger partial charge in [-0.1, -0.05) is 36.7 Å². The SMILES string of the molecule is CCC1OCCC1C(=O)NC(CC)(CC)CBr. The summed E-state index contributed by atoms with van der Waals surface area (Å²) >= 11 is 3.52. The Morgan fingerprint density at radius 3 is 2.53 bits per heavy atom. The third-order valence-electron chi connectivity index (χ3n) is 3.95. The van der Waals surface area contributed by atoms with Crippen LogP contribution in [0.15, 0.2) is 0 Å². The predicted octanol–water partition coefficient (Wildman–Crippen LogP) is 2.87. The number of rotatable bonds is 6. The molecule has 4 heteroatoms. The van der Waals surface area contributed by atoms with E-state index in [9.17, 15) is 4.79 Å². The summed E-state index contributed by atoms with van der Waals surface area (Å²) in [4.78, 5) is 12.3. The van der Waals surface area contributed by atoms with Crippen LogP contribution in [0.3, 0.4) is 0 Å². The van der Waals surface area contributed by atoms with Crippen molar-refractivity contribution in [1.29, 1.82) is 0 Å². The summed E-state index contributed by atoms with van der Waals surface area (Å²) in [7, 11) is 0. The van der Waals surface area contributed by atoms with Gasteiger partial charge in [0.1, 0.15) is 0 Å². The molecular weight excluding hydrogens is 282 g/mol. The van der Waals surface area contributed by atoms with E-state index in [0.717, 1.165) is 37.6 Å². The van der Waals surface area contributed by atoms with Crippen molar-refractivity contribution in [2.75, 3.05) is 11.9 Å². The Kier molecular flexibility index (Phi) is 5.93. The molecule has 1 heterocycles. The van der Waals surface area contributed by atoms with E-state index >= 15 is 0 Å². The molecule has 1 saturated heterocycles. The van der Waals surface area contributed by atoms with Gasteiger partial charge in [0.25, 0.3) is 0 Å². The van der Waals surface area contributed by atoms with Crippen molar-refractivity contribution < 1.29 is 9.53 Å². The van der Waals surface area contributed by atoms with Crippen LogP contribution in [0.2, 0.25) is 0 Å². The smallest absolute Gasteiger partial charge is 0.226 e. The minimum absolute atomic E-state index is 0.0384. The van der Waals surface area contributed by atoms with E-state index in [1.165, 1.54) is 0 Å². The molecule has 0 aromatic rings. The van der Waals surface area contributed by atoms with Crippen molar-refractivity contribution in [3.63, 3.8) is 0 Å². The fourth-order valence-electron chi connectivity index (χ4n) is 2.35. The summed E-state index contributed by atoms with van der Waals surface area (Å²) in [5.74, 6) is 0.203. The number of halogens is 1. The quantitative estimate of drug-likeness (QED) is 0.766. The molecule has 0 aromatic carbocycles. The molecule has 1 aliphatic rings. The van der Waals surface area contributed by atoms with Crippen molar-refractivity contribution in [2.24, 2.45) is 5.92 Å². The van der Waals surface area contributed by atoms with Crippen molar-refractivity contribution in [1.82, 2.24) is 5.32 Å². The predicted molar refractivity (Wildman–Crippen MR) is 73.4 cm³/mol. The maximum atomic E-state index is 12.3. The number of hydrogen-bond donors (Lipinski definition) is 1. The third-order valence-corrected chi connectivity index (χ3v) is 5.02. The lowest BCUT2D eigenvalue weighted by Crippen LogP contribution is -2.52. The van der Waals surface area contributed by atoms with Crippen molar-refractivity contribution in [2.45, 2.75) is 58.1 Å². The van der Waals surface area contributed by atoms with Crippen LogP contribution in [0.1, 0.15) is 46.5 Å². The molecule has 1 fully saturated rings. The van der Waals surface area contributed by atoms with Crippen LogP contribution in [0.25, 0.3) is 0 Å². The molecular formula is C13H24BrNO2. The topological polar surface area (TPSA) is 38.3 Å². The van der Waals surface area contributed by atoms with E-state index in [-0.39, 0.29) is 23.5 Å². The average Bonchev–Trinajstić information content (AvgIpc) is 2.84. The second kappa shape index (κ2) is 6.74. The van der Waals surface area contributed by atoms with Gasteiger partial charge < -0.3 is 10.1 Å². The fourth-order valence-corrected chi connectivity index (χ4v) is 3.29. The molecule has 0 radical (unpaired) electrons. The second-order valence-corrected chi connectivity index (χ2v) is 5.38. The fraction of sp³-hybridized carbons (Fsp3) is 0.923. The minimum atomic E-state index is -0.0992. The van der Waals surface area contributed by atoms with E-state index in [0.29, 0.717) is 0 Å². The van der Waals surface area contributed by atoms with Crippen LogP contribution >= 0.6 is 15.9 Å². The van der Waals surface area contributed by atoms with Crippen molar-refractivity contribution in [3.05, 3.63) is 0 Å². The number of nitrogens with one attached hydrogen (secondary N) is 1. The lowest BCUT2D eigenvalue weighted by molar-refractivity contribution is -0.128. The zero-order chi connectivity index (χ0) is 12.9. The summed E-state index contributed by atoms with van der Waals surface area (Å²) < 4.78 is 5.58. The maximum absolute atomic E-state index is 12.3. The first kappa shape index (κ1) is 15.0. The summed E-state index contributed by atoms with van der Waals surface area (Å²) in [6.45, 7) is 7.03. The van der Waals surface area contributed by atoms with Gasteiger partial charge in [0, 0.05) is 17.5 Å². The van der Waals surface area contributed by atoms with Gasteiger partial charge in [0.2, 0.25) is 5.91 Å². The van der Waals surface area contributed by atoms with E-state index in [4.69, 9.17) is 4.74 Å². The Balaban J connectivity index is 2.64. The average molecular weight is 306 g/mol. The van der Waals surface area contributed by atoms with Crippen molar-refractivity contribution >= 4 is 21.8 Å². The van der Waals surface area contributed by atoms with Gasteiger partial charge in [0.05, 0.1) is 12.0 Å². The van der Waals surface area contributed by atoms with E-state index in [1.807, 2.05) is 0 Å². The molecule has 1 aliphatic heterocycles. The Morgan fingerprint density at radius 2 is 2.06 bits per heavy atom. The first-order chi connectivity index (χ1) is 8.12. The van der Waals surface area contributed by atoms with Gasteiger partial charge in [-0.3, -0.25) is 4.79 Å². The molecule has 0 aliphatic carbocycles. The summed E-state index contributed by atoms with van der Waals surface area (Å²) in [6.07, 6.45) is 3.78. The van der Waals surface area contributed by atoms with Crippen LogP contribution in [0.5, 0.6) is 0 Å². The van der Waals surface area contributed by atoms with E-state index in [2.05, 4.69) is 42.0 Å². The monoisotopic (exact) mass is 305 g/mol. The Morgan fingerprint density at radius 1 is 1.41 bits per heavy atom. The normalized spacial score (nSPS) is 24.9. The largest absolute Gasteiger partial charge is 0.377 e. The molecule has 0 saturated carbocycles. The van der Waals surface area contributed by atoms with Crippen molar-refractivity contribution in [3.8, 4) is 0 Å². The third kappa shape index (κ3) is 3.44. The first-order valence-corrected chi connectivity index (χ1v) is 7.74. The highest BCUT2D eigenvalue weighted by Crippen LogP contribution is 2.26. The van der Waals surface area contributed by atoms with Crippen LogP contribution in [0.4, 0.5) is 0 Å². The highest BCUT2D eigenvalue weighted by Gasteiger charge is 2.36. The number of amides is 1. The summed E-state index contributed by atoms with van der Waals surface area (Å²) in [6, 6.07) is 0. The zero-order valence-corrected chi connectivity index (χ0v) is 12.7. The number of ether oxygens (including phenoxy) is 1. The van der Waals surface area contributed by atoms with Crippen LogP contribution < -0.4 is 5.32 Å². The molecule has 0 spiro atoms. The molecule has 1 rings (SSSR count). The molecule has 1 N–H and O–H groups in total. The van der Waals surface area contributed by atoms with Crippen LogP contribution in [-0.2, 0) is 9.53 Å². The first-order valence-electron chi connectivity index (χ1n) is 6.62. The van der Waals surface area contributed by atoms with Gasteiger partial charge >= 0.3 is 0 Å². The highest BCUT2D eigenvalue weighted by molar-refractivity contribution is 9.09. The number of hydrogen-bond acceptors (Lipinski definition) is 2.